The van der Waals surface area contributed by atoms with Crippen molar-refractivity contribution in [1.82, 2.24) is 14.2 Å². The molecule has 3 rings (SSSR count). The summed E-state index contributed by atoms with van der Waals surface area (Å²) in [7, 11) is -3.42. The quantitative estimate of drug-likeness (QED) is 0.835. The molecule has 0 aliphatic carbocycles. The molecule has 0 N–H and O–H groups in total. The van der Waals surface area contributed by atoms with Gasteiger partial charge >= 0.3 is 0 Å². The topological polar surface area (TPSA) is 53.5 Å². The Morgan fingerprint density at radius 2 is 1.83 bits per heavy atom. The van der Waals surface area contributed by atoms with Crippen LogP contribution in [0.25, 0.3) is 0 Å². The van der Waals surface area contributed by atoms with Crippen molar-refractivity contribution in [2.24, 2.45) is 0 Å². The first-order valence-electron chi connectivity index (χ1n) is 7.93. The van der Waals surface area contributed by atoms with E-state index < -0.39 is 10.0 Å². The Bertz CT molecular complexity index is 783. The van der Waals surface area contributed by atoms with E-state index in [0.29, 0.717) is 36.1 Å². The molecule has 2 aromatic rings. The van der Waals surface area contributed by atoms with Crippen LogP contribution in [-0.4, -0.2) is 48.8 Å². The van der Waals surface area contributed by atoms with Crippen LogP contribution in [0.4, 0.5) is 0 Å². The fourth-order valence-corrected chi connectivity index (χ4v) is 4.53. The first kappa shape index (κ1) is 17.4. The summed E-state index contributed by atoms with van der Waals surface area (Å²) in [6.07, 6.45) is 4.17. The van der Waals surface area contributed by atoms with E-state index in [9.17, 15) is 8.42 Å². The van der Waals surface area contributed by atoms with Gasteiger partial charge in [-0.15, -0.1) is 0 Å². The molecule has 0 bridgehead atoms. The Hall–Kier alpha value is -1.47. The van der Waals surface area contributed by atoms with Crippen molar-refractivity contribution in [3.63, 3.8) is 0 Å². The molecule has 1 aliphatic rings. The summed E-state index contributed by atoms with van der Waals surface area (Å²) in [4.78, 5) is 6.59. The number of pyridine rings is 1. The van der Waals surface area contributed by atoms with Gasteiger partial charge in [-0.1, -0.05) is 29.8 Å². The van der Waals surface area contributed by atoms with Crippen LogP contribution in [0.1, 0.15) is 12.0 Å². The normalized spacial score (nSPS) is 17.5. The van der Waals surface area contributed by atoms with Gasteiger partial charge < -0.3 is 0 Å². The van der Waals surface area contributed by atoms with E-state index in [1.165, 1.54) is 0 Å². The summed E-state index contributed by atoms with van der Waals surface area (Å²) < 4.78 is 27.1. The van der Waals surface area contributed by atoms with Gasteiger partial charge in [-0.05, 0) is 36.7 Å². The molecule has 0 amide bonds. The molecule has 128 valence electrons. The molecule has 0 spiro atoms. The molecule has 2 heterocycles. The minimum atomic E-state index is -3.42. The van der Waals surface area contributed by atoms with Gasteiger partial charge in [0.1, 0.15) is 0 Å². The number of sulfonamides is 1. The summed E-state index contributed by atoms with van der Waals surface area (Å²) in [5.41, 5.74) is 1.02. The van der Waals surface area contributed by atoms with Crippen LogP contribution in [0.5, 0.6) is 0 Å². The number of rotatable bonds is 4. The fourth-order valence-electron chi connectivity index (χ4n) is 2.86. The summed E-state index contributed by atoms with van der Waals surface area (Å²) in [6, 6.07) is 10.5. The molecule has 0 saturated carbocycles. The Morgan fingerprint density at radius 3 is 2.58 bits per heavy atom. The van der Waals surface area contributed by atoms with Crippen molar-refractivity contribution in [1.29, 1.82) is 0 Å². The molecule has 0 atom stereocenters. The van der Waals surface area contributed by atoms with Crippen LogP contribution in [0.15, 0.2) is 53.7 Å². The van der Waals surface area contributed by atoms with Gasteiger partial charge in [0.05, 0.1) is 9.92 Å². The molecule has 0 unspecified atom stereocenters. The Morgan fingerprint density at radius 1 is 1.04 bits per heavy atom. The molecule has 1 aromatic carbocycles. The monoisotopic (exact) mass is 365 g/mol. The molecule has 7 heteroatoms. The highest BCUT2D eigenvalue weighted by Gasteiger charge is 2.26. The first-order valence-corrected chi connectivity index (χ1v) is 9.75. The fraction of sp³-hybridized carbons (Fsp3) is 0.353. The summed E-state index contributed by atoms with van der Waals surface area (Å²) in [6.45, 7) is 3.27. The van der Waals surface area contributed by atoms with Gasteiger partial charge in [0, 0.05) is 38.6 Å². The lowest BCUT2D eigenvalue weighted by Crippen LogP contribution is -2.35. The Labute approximate surface area is 147 Å². The summed E-state index contributed by atoms with van der Waals surface area (Å²) in [5, 5.41) is 0.649. The lowest BCUT2D eigenvalue weighted by Gasteiger charge is -2.22. The molecule has 24 heavy (non-hydrogen) atoms. The maximum atomic E-state index is 12.7. The predicted octanol–water partition coefficient (Wildman–Crippen LogP) is 2.63. The predicted molar refractivity (Wildman–Crippen MR) is 94.3 cm³/mol. The van der Waals surface area contributed by atoms with Crippen LogP contribution < -0.4 is 0 Å². The van der Waals surface area contributed by atoms with Gasteiger partial charge in [0.25, 0.3) is 0 Å². The third kappa shape index (κ3) is 3.95. The number of benzene rings is 1. The third-order valence-corrected chi connectivity index (χ3v) is 6.43. The summed E-state index contributed by atoms with van der Waals surface area (Å²) >= 11 is 6.17. The SMILES string of the molecule is O=S(=O)(c1ccccc1)N1CCCN(Cc2ccncc2Cl)CC1. The van der Waals surface area contributed by atoms with Gasteiger partial charge in [0.15, 0.2) is 0 Å². The lowest BCUT2D eigenvalue weighted by molar-refractivity contribution is 0.278. The molecule has 1 aromatic heterocycles. The molecule has 1 saturated heterocycles. The van der Waals surface area contributed by atoms with E-state index in [-0.39, 0.29) is 0 Å². The second-order valence-corrected chi connectivity index (χ2v) is 8.16. The molecule has 0 radical (unpaired) electrons. The first-order chi connectivity index (χ1) is 11.6. The lowest BCUT2D eigenvalue weighted by atomic mass is 10.2. The van der Waals surface area contributed by atoms with Gasteiger partial charge in [-0.2, -0.15) is 4.31 Å². The van der Waals surface area contributed by atoms with E-state index in [1.807, 2.05) is 12.1 Å². The second kappa shape index (κ2) is 7.61. The van der Waals surface area contributed by atoms with Crippen LogP contribution in [0.2, 0.25) is 5.02 Å². The molecule has 1 fully saturated rings. The van der Waals surface area contributed by atoms with Gasteiger partial charge in [-0.25, -0.2) is 8.42 Å². The van der Waals surface area contributed by atoms with Crippen LogP contribution >= 0.6 is 11.6 Å². The average molecular weight is 366 g/mol. The van der Waals surface area contributed by atoms with Crippen molar-refractivity contribution in [3.8, 4) is 0 Å². The second-order valence-electron chi connectivity index (χ2n) is 5.81. The maximum Gasteiger partial charge on any atom is 0.243 e. The van der Waals surface area contributed by atoms with Gasteiger partial charge in [-0.3, -0.25) is 9.88 Å². The van der Waals surface area contributed by atoms with Gasteiger partial charge in [0.2, 0.25) is 10.0 Å². The smallest absolute Gasteiger partial charge is 0.243 e. The minimum Gasteiger partial charge on any atom is -0.298 e. The van der Waals surface area contributed by atoms with Crippen LogP contribution in [-0.2, 0) is 16.6 Å². The highest BCUT2D eigenvalue weighted by Crippen LogP contribution is 2.20. The zero-order valence-electron chi connectivity index (χ0n) is 13.3. The van der Waals surface area contributed by atoms with E-state index >= 15 is 0 Å². The molecule has 5 nitrogen and oxygen atoms in total. The number of hydrogen-bond donors (Lipinski definition) is 0. The van der Waals surface area contributed by atoms with Crippen molar-refractivity contribution in [2.45, 2.75) is 17.9 Å². The maximum absolute atomic E-state index is 12.7. The third-order valence-electron chi connectivity index (χ3n) is 4.18. The number of aromatic nitrogens is 1. The highest BCUT2D eigenvalue weighted by atomic mass is 35.5. The van der Waals surface area contributed by atoms with Crippen LogP contribution in [0, 0.1) is 0 Å². The van der Waals surface area contributed by atoms with Crippen molar-refractivity contribution in [3.05, 3.63) is 59.4 Å². The molecular formula is C17H20ClN3O2S. The Kier molecular flexibility index (Phi) is 5.50. The zero-order valence-corrected chi connectivity index (χ0v) is 14.9. The average Bonchev–Trinajstić information content (AvgIpc) is 2.84. The van der Waals surface area contributed by atoms with E-state index in [2.05, 4.69) is 9.88 Å². The number of nitrogens with zero attached hydrogens (tertiary/aromatic N) is 3. The minimum absolute atomic E-state index is 0.357. The number of halogens is 1. The molecular weight excluding hydrogens is 346 g/mol. The largest absolute Gasteiger partial charge is 0.298 e. The van der Waals surface area contributed by atoms with Crippen LogP contribution in [0.3, 0.4) is 0 Å². The van der Waals surface area contributed by atoms with Crippen molar-refractivity contribution in [2.75, 3.05) is 26.2 Å². The highest BCUT2D eigenvalue weighted by molar-refractivity contribution is 7.89. The zero-order chi connectivity index (χ0) is 17.0. The molecule has 1 aliphatic heterocycles. The van der Waals surface area contributed by atoms with Crippen molar-refractivity contribution >= 4 is 21.6 Å². The van der Waals surface area contributed by atoms with E-state index in [4.69, 9.17) is 11.6 Å². The number of hydrogen-bond acceptors (Lipinski definition) is 4. The van der Waals surface area contributed by atoms with Crippen molar-refractivity contribution < 1.29 is 8.42 Å². The standard InChI is InChI=1S/C17H20ClN3O2S/c18-17-13-19-8-7-15(17)14-20-9-4-10-21(12-11-20)24(22,23)16-5-2-1-3-6-16/h1-3,5-8,13H,4,9-12,14H2. The Balaban J connectivity index is 1.68. The van der Waals surface area contributed by atoms with E-state index in [0.717, 1.165) is 18.5 Å². The van der Waals surface area contributed by atoms with E-state index in [1.54, 1.807) is 41.0 Å². The summed E-state index contributed by atoms with van der Waals surface area (Å²) in [5.74, 6) is 0.